The van der Waals surface area contributed by atoms with Crippen LogP contribution in [-0.2, 0) is 0 Å². The van der Waals surface area contributed by atoms with E-state index in [0.717, 1.165) is 0 Å². The number of aryl methyl sites for hydroxylation is 1. The number of benzene rings is 1. The summed E-state index contributed by atoms with van der Waals surface area (Å²) in [7, 11) is 0. The van der Waals surface area contributed by atoms with Gasteiger partial charge in [-0.25, -0.2) is 9.59 Å². The standard InChI is InChI=1S/C21H36N4O12/c1-9-2-3-10(24-20(36)22-5-12(28)16(32)18(34)14(30)7-26)4-11(9)25-21(37)23-6-13(29)17(33)19(35)15(31)8-27/h2-4,12-19,26-35H,5-8H2,1H3,(H2,22,24,36)(H2,23,25,37)/t12-,13-,14+,15+,16+,17+,18+,19+/m0/s1. The highest BCUT2D eigenvalue weighted by Crippen LogP contribution is 2.20. The highest BCUT2D eigenvalue weighted by Gasteiger charge is 2.31. The van der Waals surface area contributed by atoms with Crippen LogP contribution in [0.25, 0.3) is 0 Å². The summed E-state index contributed by atoms with van der Waals surface area (Å²) in [4.78, 5) is 24.3. The maximum absolute atomic E-state index is 12.2. The van der Waals surface area contributed by atoms with E-state index in [-0.39, 0.29) is 11.4 Å². The maximum atomic E-state index is 12.2. The van der Waals surface area contributed by atoms with E-state index in [4.69, 9.17) is 10.2 Å². The summed E-state index contributed by atoms with van der Waals surface area (Å²) in [5, 5.41) is 104. The topological polar surface area (TPSA) is 285 Å². The van der Waals surface area contributed by atoms with Gasteiger partial charge in [0.2, 0.25) is 0 Å². The van der Waals surface area contributed by atoms with Crippen LogP contribution < -0.4 is 21.3 Å². The van der Waals surface area contributed by atoms with Crippen LogP contribution in [0.2, 0.25) is 0 Å². The molecule has 0 fully saturated rings. The number of aliphatic hydroxyl groups is 10. The van der Waals surface area contributed by atoms with E-state index < -0.39 is 87.2 Å². The SMILES string of the molecule is Cc1ccc(NC(=O)NC[C@H](O)[C@@H](O)[C@H](O)[C@H](O)CO)cc1NC(=O)NC[C@H](O)[C@@H](O)[C@H](O)[C@H](O)CO. The normalized spacial score (nSPS) is 17.9. The number of anilines is 2. The predicted molar refractivity (Wildman–Crippen MR) is 127 cm³/mol. The molecule has 0 unspecified atom stereocenters. The van der Waals surface area contributed by atoms with E-state index in [1.165, 1.54) is 12.1 Å². The fraction of sp³-hybridized carbons (Fsp3) is 0.619. The Balaban J connectivity index is 2.62. The molecule has 0 aliphatic carbocycles. The zero-order valence-electron chi connectivity index (χ0n) is 20.0. The molecule has 37 heavy (non-hydrogen) atoms. The first kappa shape index (κ1) is 32.4. The highest BCUT2D eigenvalue weighted by molar-refractivity contribution is 5.93. The predicted octanol–water partition coefficient (Wildman–Crippen LogP) is -4.89. The van der Waals surface area contributed by atoms with Crippen LogP contribution >= 0.6 is 0 Å². The summed E-state index contributed by atoms with van der Waals surface area (Å²) >= 11 is 0. The molecule has 0 aliphatic heterocycles. The fourth-order valence-electron chi connectivity index (χ4n) is 2.94. The number of rotatable bonds is 14. The van der Waals surface area contributed by atoms with Gasteiger partial charge < -0.3 is 72.3 Å². The molecule has 0 saturated heterocycles. The molecule has 16 heteroatoms. The van der Waals surface area contributed by atoms with Gasteiger partial charge in [0.05, 0.1) is 25.4 Å². The Morgan fingerprint density at radius 3 is 1.51 bits per heavy atom. The lowest BCUT2D eigenvalue weighted by atomic mass is 10.0. The Morgan fingerprint density at radius 1 is 0.676 bits per heavy atom. The van der Waals surface area contributed by atoms with E-state index in [0.29, 0.717) is 5.56 Å². The first-order valence-corrected chi connectivity index (χ1v) is 11.2. The molecule has 0 aromatic heterocycles. The molecule has 0 radical (unpaired) electrons. The van der Waals surface area contributed by atoms with Gasteiger partial charge in [0.1, 0.15) is 36.6 Å². The van der Waals surface area contributed by atoms with E-state index >= 15 is 0 Å². The second kappa shape index (κ2) is 15.6. The summed E-state index contributed by atoms with van der Waals surface area (Å²) in [6, 6.07) is 2.81. The molecule has 16 nitrogen and oxygen atoms in total. The lowest BCUT2D eigenvalue weighted by molar-refractivity contribution is -0.113. The quantitative estimate of drug-likeness (QED) is 0.106. The molecule has 212 valence electrons. The molecule has 8 atom stereocenters. The van der Waals surface area contributed by atoms with E-state index in [2.05, 4.69) is 21.3 Å². The van der Waals surface area contributed by atoms with Gasteiger partial charge >= 0.3 is 12.1 Å². The van der Waals surface area contributed by atoms with Crippen molar-refractivity contribution < 1.29 is 60.7 Å². The van der Waals surface area contributed by atoms with Gasteiger partial charge in [-0.15, -0.1) is 0 Å². The molecule has 14 N–H and O–H groups in total. The van der Waals surface area contributed by atoms with Crippen LogP contribution in [0.1, 0.15) is 5.56 Å². The Hall–Kier alpha value is -2.64. The van der Waals surface area contributed by atoms with Crippen LogP contribution in [0, 0.1) is 6.92 Å². The average molecular weight is 537 g/mol. The zero-order valence-corrected chi connectivity index (χ0v) is 20.0. The van der Waals surface area contributed by atoms with Crippen LogP contribution in [0.5, 0.6) is 0 Å². The average Bonchev–Trinajstić information content (AvgIpc) is 2.89. The lowest BCUT2D eigenvalue weighted by Crippen LogP contribution is -2.50. The lowest BCUT2D eigenvalue weighted by Gasteiger charge is -2.25. The Bertz CT molecular complexity index is 863. The first-order chi connectivity index (χ1) is 17.3. The number of carbonyl (C=O) groups excluding carboxylic acids is 2. The third-order valence-electron chi connectivity index (χ3n) is 5.34. The summed E-state index contributed by atoms with van der Waals surface area (Å²) in [5.74, 6) is 0. The molecular weight excluding hydrogens is 500 g/mol. The summed E-state index contributed by atoms with van der Waals surface area (Å²) < 4.78 is 0. The number of urea groups is 2. The van der Waals surface area contributed by atoms with Gasteiger partial charge in [0, 0.05) is 24.5 Å². The number of aliphatic hydroxyl groups excluding tert-OH is 10. The van der Waals surface area contributed by atoms with Crippen LogP contribution in [-0.4, -0.2) is 138 Å². The largest absolute Gasteiger partial charge is 0.394 e. The summed E-state index contributed by atoms with van der Waals surface area (Å²) in [5.41, 5.74) is 1.04. The first-order valence-electron chi connectivity index (χ1n) is 11.2. The molecular formula is C21H36N4O12. The minimum Gasteiger partial charge on any atom is -0.394 e. The fourth-order valence-corrected chi connectivity index (χ4v) is 2.94. The second-order valence-electron chi connectivity index (χ2n) is 8.30. The molecule has 1 aromatic carbocycles. The van der Waals surface area contributed by atoms with Crippen molar-refractivity contribution in [2.24, 2.45) is 0 Å². The van der Waals surface area contributed by atoms with Gasteiger partial charge in [0.25, 0.3) is 0 Å². The van der Waals surface area contributed by atoms with Crippen molar-refractivity contribution in [2.75, 3.05) is 36.9 Å². The Kier molecular flexibility index (Phi) is 13.6. The molecule has 1 rings (SSSR count). The van der Waals surface area contributed by atoms with Gasteiger partial charge in [-0.1, -0.05) is 6.07 Å². The Morgan fingerprint density at radius 2 is 1.08 bits per heavy atom. The number of carbonyl (C=O) groups is 2. The summed E-state index contributed by atoms with van der Waals surface area (Å²) in [6.45, 7) is -1.07. The highest BCUT2D eigenvalue weighted by atomic mass is 16.4. The molecule has 0 aliphatic rings. The van der Waals surface area contributed by atoms with Gasteiger partial charge in [-0.3, -0.25) is 0 Å². The van der Waals surface area contributed by atoms with Crippen molar-refractivity contribution in [2.45, 2.75) is 55.8 Å². The third-order valence-corrected chi connectivity index (χ3v) is 5.34. The number of nitrogens with one attached hydrogen (secondary N) is 4. The van der Waals surface area contributed by atoms with E-state index in [9.17, 15) is 50.4 Å². The molecule has 0 heterocycles. The van der Waals surface area contributed by atoms with Crippen molar-refractivity contribution in [1.82, 2.24) is 10.6 Å². The Labute approximate surface area is 211 Å². The van der Waals surface area contributed by atoms with E-state index in [1.807, 2.05) is 0 Å². The van der Waals surface area contributed by atoms with Crippen molar-refractivity contribution in [1.29, 1.82) is 0 Å². The minimum absolute atomic E-state index is 0.209. The molecule has 1 aromatic rings. The summed E-state index contributed by atoms with van der Waals surface area (Å²) in [6.07, 6.45) is -14.1. The smallest absolute Gasteiger partial charge is 0.319 e. The van der Waals surface area contributed by atoms with Gasteiger partial charge in [-0.05, 0) is 24.6 Å². The number of amides is 4. The molecule has 0 saturated carbocycles. The number of hydrogen-bond donors (Lipinski definition) is 14. The maximum Gasteiger partial charge on any atom is 0.319 e. The van der Waals surface area contributed by atoms with Crippen molar-refractivity contribution >= 4 is 23.4 Å². The monoisotopic (exact) mass is 536 g/mol. The zero-order chi connectivity index (χ0) is 28.3. The molecule has 0 bridgehead atoms. The molecule has 0 spiro atoms. The van der Waals surface area contributed by atoms with Crippen molar-refractivity contribution in [3.63, 3.8) is 0 Å². The van der Waals surface area contributed by atoms with E-state index in [1.54, 1.807) is 13.0 Å². The van der Waals surface area contributed by atoms with Gasteiger partial charge in [-0.2, -0.15) is 0 Å². The van der Waals surface area contributed by atoms with Crippen LogP contribution in [0.3, 0.4) is 0 Å². The van der Waals surface area contributed by atoms with Gasteiger partial charge in [0.15, 0.2) is 0 Å². The third kappa shape index (κ3) is 10.3. The minimum atomic E-state index is -1.85. The second-order valence-corrected chi connectivity index (χ2v) is 8.30. The van der Waals surface area contributed by atoms with Crippen LogP contribution in [0.4, 0.5) is 21.0 Å². The van der Waals surface area contributed by atoms with Crippen LogP contribution in [0.15, 0.2) is 18.2 Å². The number of hydrogen-bond acceptors (Lipinski definition) is 12. The van der Waals surface area contributed by atoms with Crippen molar-refractivity contribution in [3.8, 4) is 0 Å². The molecule has 4 amide bonds. The van der Waals surface area contributed by atoms with Crippen molar-refractivity contribution in [3.05, 3.63) is 23.8 Å².